The van der Waals surface area contributed by atoms with E-state index in [1.165, 1.54) is 9.55 Å². The smallest absolute Gasteiger partial charge is 0.238 e. The summed E-state index contributed by atoms with van der Waals surface area (Å²) >= 11 is 0. The van der Waals surface area contributed by atoms with Crippen molar-refractivity contribution in [3.8, 4) is 0 Å². The second-order valence-corrected chi connectivity index (χ2v) is 7.67. The van der Waals surface area contributed by atoms with E-state index in [9.17, 15) is 8.42 Å². The van der Waals surface area contributed by atoms with E-state index in [1.807, 2.05) is 37.4 Å². The van der Waals surface area contributed by atoms with Gasteiger partial charge in [-0.2, -0.15) is 0 Å². The minimum absolute atomic E-state index is 0.197. The molecular weight excluding hydrogens is 296 g/mol. The summed E-state index contributed by atoms with van der Waals surface area (Å²) in [6.45, 7) is 3.79. The number of hydrogen-bond acceptors (Lipinski definition) is 3. The van der Waals surface area contributed by atoms with Crippen molar-refractivity contribution < 1.29 is 8.42 Å². The Balaban J connectivity index is 2.14. The largest absolute Gasteiger partial charge is 0.313 e. The molecule has 118 valence electrons. The number of nitrogens with zero attached hydrogens (tertiary/aromatic N) is 1. The summed E-state index contributed by atoms with van der Waals surface area (Å²) in [6.07, 6.45) is 6.48. The molecule has 0 saturated heterocycles. The summed E-state index contributed by atoms with van der Waals surface area (Å²) in [5.41, 5.74) is 3.07. The van der Waals surface area contributed by atoms with Gasteiger partial charge < -0.3 is 5.32 Å². The molecule has 1 aliphatic rings. The highest BCUT2D eigenvalue weighted by Gasteiger charge is 2.20. The van der Waals surface area contributed by atoms with Crippen molar-refractivity contribution in [2.24, 2.45) is 0 Å². The number of nitrogens with one attached hydrogen (secondary N) is 1. The topological polar surface area (TPSA) is 51.1 Å². The summed E-state index contributed by atoms with van der Waals surface area (Å²) in [5, 5.41) is 4.32. The van der Waals surface area contributed by atoms with Gasteiger partial charge in [0.05, 0.1) is 11.3 Å². The third-order valence-electron chi connectivity index (χ3n) is 4.14. The van der Waals surface area contributed by atoms with Crippen LogP contribution in [0.4, 0.5) is 0 Å². The number of para-hydroxylation sites is 1. The Labute approximate surface area is 131 Å². The molecule has 0 amide bonds. The summed E-state index contributed by atoms with van der Waals surface area (Å²) in [4.78, 5) is 0. The number of hydrogen-bond donors (Lipinski definition) is 1. The second-order valence-electron chi connectivity index (χ2n) is 5.71. The van der Waals surface area contributed by atoms with Gasteiger partial charge in [0, 0.05) is 23.7 Å². The SMILES string of the molecule is CCCCS(=O)(=O)n1cc(C2=CCNCC2)c2ccccc21. The molecule has 4 nitrogen and oxygen atoms in total. The van der Waals surface area contributed by atoms with Crippen LogP contribution >= 0.6 is 0 Å². The van der Waals surface area contributed by atoms with E-state index in [1.54, 1.807) is 0 Å². The highest BCUT2D eigenvalue weighted by Crippen LogP contribution is 2.31. The van der Waals surface area contributed by atoms with Crippen molar-refractivity contribution in [2.75, 3.05) is 18.8 Å². The van der Waals surface area contributed by atoms with Crippen LogP contribution < -0.4 is 5.32 Å². The maximum Gasteiger partial charge on any atom is 0.238 e. The third kappa shape index (κ3) is 2.83. The molecule has 1 aliphatic heterocycles. The van der Waals surface area contributed by atoms with E-state index in [2.05, 4.69) is 11.4 Å². The van der Waals surface area contributed by atoms with Crippen molar-refractivity contribution in [1.29, 1.82) is 0 Å². The van der Waals surface area contributed by atoms with Crippen LogP contribution in [0.5, 0.6) is 0 Å². The van der Waals surface area contributed by atoms with Gasteiger partial charge in [-0.05, 0) is 31.0 Å². The van der Waals surface area contributed by atoms with Crippen LogP contribution in [-0.4, -0.2) is 31.2 Å². The lowest BCUT2D eigenvalue weighted by atomic mass is 10.00. The molecule has 2 heterocycles. The molecule has 0 bridgehead atoms. The predicted octanol–water partition coefficient (Wildman–Crippen LogP) is 3.00. The van der Waals surface area contributed by atoms with Gasteiger partial charge in [0.15, 0.2) is 0 Å². The number of aromatic nitrogens is 1. The van der Waals surface area contributed by atoms with Crippen molar-refractivity contribution in [3.05, 3.63) is 42.1 Å². The number of benzene rings is 1. The van der Waals surface area contributed by atoms with E-state index >= 15 is 0 Å². The Morgan fingerprint density at radius 1 is 1.27 bits per heavy atom. The van der Waals surface area contributed by atoms with Crippen LogP contribution in [0.2, 0.25) is 0 Å². The molecule has 5 heteroatoms. The fourth-order valence-electron chi connectivity index (χ4n) is 2.93. The van der Waals surface area contributed by atoms with Crippen LogP contribution in [-0.2, 0) is 10.0 Å². The van der Waals surface area contributed by atoms with Crippen LogP contribution in [0.25, 0.3) is 16.5 Å². The zero-order chi connectivity index (χ0) is 15.6. The first kappa shape index (κ1) is 15.3. The minimum atomic E-state index is -3.29. The molecule has 0 spiro atoms. The summed E-state index contributed by atoms with van der Waals surface area (Å²) in [5.74, 6) is 0.197. The molecular formula is C17H22N2O2S. The van der Waals surface area contributed by atoms with E-state index in [0.717, 1.165) is 42.4 Å². The molecule has 0 saturated carbocycles. The van der Waals surface area contributed by atoms with E-state index in [-0.39, 0.29) is 5.75 Å². The molecule has 2 aromatic rings. The van der Waals surface area contributed by atoms with Crippen molar-refractivity contribution in [2.45, 2.75) is 26.2 Å². The van der Waals surface area contributed by atoms with Gasteiger partial charge >= 0.3 is 0 Å². The minimum Gasteiger partial charge on any atom is -0.313 e. The van der Waals surface area contributed by atoms with Gasteiger partial charge in [-0.3, -0.25) is 0 Å². The maximum absolute atomic E-state index is 12.6. The van der Waals surface area contributed by atoms with E-state index < -0.39 is 10.0 Å². The first-order valence-electron chi connectivity index (χ1n) is 7.87. The summed E-state index contributed by atoms with van der Waals surface area (Å²) < 4.78 is 26.7. The lowest BCUT2D eigenvalue weighted by Crippen LogP contribution is -2.20. The Morgan fingerprint density at radius 2 is 2.09 bits per heavy atom. The van der Waals surface area contributed by atoms with Crippen LogP contribution in [0.1, 0.15) is 31.7 Å². The Morgan fingerprint density at radius 3 is 2.82 bits per heavy atom. The molecule has 3 rings (SSSR count). The summed E-state index contributed by atoms with van der Waals surface area (Å²) in [6, 6.07) is 7.77. The predicted molar refractivity (Wildman–Crippen MR) is 91.5 cm³/mol. The Hall–Kier alpha value is -1.59. The fourth-order valence-corrected chi connectivity index (χ4v) is 4.50. The van der Waals surface area contributed by atoms with Gasteiger partial charge in [-0.1, -0.05) is 37.6 Å². The lowest BCUT2D eigenvalue weighted by molar-refractivity contribution is 0.585. The van der Waals surface area contributed by atoms with Crippen LogP contribution in [0.15, 0.2) is 36.5 Å². The number of fused-ring (bicyclic) bond motifs is 1. The summed E-state index contributed by atoms with van der Waals surface area (Å²) in [7, 11) is -3.29. The molecule has 1 N–H and O–H groups in total. The van der Waals surface area contributed by atoms with E-state index in [0.29, 0.717) is 6.42 Å². The standard InChI is InChI=1S/C17H22N2O2S/c1-2-3-12-22(20,21)19-13-16(14-8-10-18-11-9-14)15-6-4-5-7-17(15)19/h4-8,13,18H,2-3,9-12H2,1H3. The molecule has 1 aromatic carbocycles. The van der Waals surface area contributed by atoms with Crippen molar-refractivity contribution >= 4 is 26.5 Å². The first-order valence-corrected chi connectivity index (χ1v) is 9.48. The zero-order valence-electron chi connectivity index (χ0n) is 12.9. The normalized spacial score (nSPS) is 16.0. The Kier molecular flexibility index (Phi) is 4.36. The van der Waals surface area contributed by atoms with E-state index in [4.69, 9.17) is 0 Å². The van der Waals surface area contributed by atoms with Crippen LogP contribution in [0.3, 0.4) is 0 Å². The molecule has 0 aliphatic carbocycles. The first-order chi connectivity index (χ1) is 10.6. The molecule has 0 atom stereocenters. The fraction of sp³-hybridized carbons (Fsp3) is 0.412. The van der Waals surface area contributed by atoms with Gasteiger partial charge in [0.1, 0.15) is 0 Å². The Bertz CT molecular complexity index is 803. The van der Waals surface area contributed by atoms with Gasteiger partial charge in [-0.15, -0.1) is 0 Å². The molecule has 0 unspecified atom stereocenters. The van der Waals surface area contributed by atoms with Gasteiger partial charge in [0.25, 0.3) is 0 Å². The molecule has 1 aromatic heterocycles. The highest BCUT2D eigenvalue weighted by molar-refractivity contribution is 7.90. The zero-order valence-corrected chi connectivity index (χ0v) is 13.7. The third-order valence-corrected chi connectivity index (χ3v) is 5.85. The molecule has 0 fully saturated rings. The average Bonchev–Trinajstić information content (AvgIpc) is 2.94. The quantitative estimate of drug-likeness (QED) is 0.922. The van der Waals surface area contributed by atoms with Crippen molar-refractivity contribution in [1.82, 2.24) is 9.29 Å². The number of unbranched alkanes of at least 4 members (excludes halogenated alkanes) is 1. The van der Waals surface area contributed by atoms with Gasteiger partial charge in [-0.25, -0.2) is 12.4 Å². The number of rotatable bonds is 5. The highest BCUT2D eigenvalue weighted by atomic mass is 32.2. The maximum atomic E-state index is 12.6. The van der Waals surface area contributed by atoms with Crippen molar-refractivity contribution in [3.63, 3.8) is 0 Å². The molecule has 22 heavy (non-hydrogen) atoms. The average molecular weight is 318 g/mol. The van der Waals surface area contributed by atoms with Gasteiger partial charge in [0.2, 0.25) is 10.0 Å². The monoisotopic (exact) mass is 318 g/mol. The van der Waals surface area contributed by atoms with Crippen LogP contribution in [0, 0.1) is 0 Å². The molecule has 0 radical (unpaired) electrons. The lowest BCUT2D eigenvalue weighted by Gasteiger charge is -2.13. The second kappa shape index (κ2) is 6.26.